The number of carbonyl (C=O) groups excluding carboxylic acids is 2. The summed E-state index contributed by atoms with van der Waals surface area (Å²) in [5.74, 6) is 0.156. The molecule has 1 heterocycles. The summed E-state index contributed by atoms with van der Waals surface area (Å²) in [6.07, 6.45) is 0.748. The predicted molar refractivity (Wildman–Crippen MR) is 217 cm³/mol. The van der Waals surface area contributed by atoms with E-state index in [1.54, 1.807) is 50.2 Å². The molecule has 0 saturated carbocycles. The molecule has 4 aromatic rings. The lowest BCUT2D eigenvalue weighted by Crippen LogP contribution is -2.12. The molecule has 0 saturated heterocycles. The molecular formula is C39H36N4O12S3. The van der Waals surface area contributed by atoms with Gasteiger partial charge in [-0.05, 0) is 105 Å². The van der Waals surface area contributed by atoms with Gasteiger partial charge in [-0.1, -0.05) is 18.2 Å². The van der Waals surface area contributed by atoms with Crippen molar-refractivity contribution in [2.75, 3.05) is 16.0 Å². The van der Waals surface area contributed by atoms with Crippen LogP contribution in [0.1, 0.15) is 33.4 Å². The molecule has 58 heavy (non-hydrogen) atoms. The summed E-state index contributed by atoms with van der Waals surface area (Å²) in [6, 6.07) is 15.3. The summed E-state index contributed by atoms with van der Waals surface area (Å²) in [6.45, 7) is 9.08. The van der Waals surface area contributed by atoms with Crippen LogP contribution < -0.4 is 21.3 Å². The highest BCUT2D eigenvalue weighted by atomic mass is 32.2. The van der Waals surface area contributed by atoms with Crippen molar-refractivity contribution in [1.29, 1.82) is 0 Å². The highest BCUT2D eigenvalue weighted by molar-refractivity contribution is 7.86. The number of rotatable bonds is 11. The Kier molecular flexibility index (Phi) is 10.8. The van der Waals surface area contributed by atoms with E-state index in [4.69, 9.17) is 9.41 Å². The van der Waals surface area contributed by atoms with Crippen LogP contribution in [0.3, 0.4) is 0 Å². The van der Waals surface area contributed by atoms with Crippen LogP contribution in [-0.4, -0.2) is 51.7 Å². The molecule has 0 aromatic heterocycles. The van der Waals surface area contributed by atoms with Gasteiger partial charge in [0.05, 0.1) is 11.0 Å². The number of carbonyl (C=O) groups is 2. The summed E-state index contributed by atoms with van der Waals surface area (Å²) in [5.41, 5.74) is 3.37. The number of nitrogens with one attached hydrogen (secondary N) is 3. The van der Waals surface area contributed by atoms with Crippen LogP contribution in [0.5, 0.6) is 0 Å². The second-order valence-electron chi connectivity index (χ2n) is 13.4. The number of benzene rings is 5. The van der Waals surface area contributed by atoms with E-state index in [0.29, 0.717) is 46.1 Å². The molecule has 2 aliphatic rings. The number of anilines is 4. The fourth-order valence-electron chi connectivity index (χ4n) is 7.55. The third kappa shape index (κ3) is 7.46. The van der Waals surface area contributed by atoms with Gasteiger partial charge in [0.15, 0.2) is 0 Å². The third-order valence-electron chi connectivity index (χ3n) is 9.90. The molecule has 0 radical (unpaired) electrons. The quantitative estimate of drug-likeness (QED) is 0.0441. The Morgan fingerprint density at radius 3 is 1.76 bits per heavy atom. The van der Waals surface area contributed by atoms with Gasteiger partial charge in [-0.15, -0.1) is 0 Å². The molecular weight excluding hydrogens is 813 g/mol. The Hall–Kier alpha value is -5.96. The van der Waals surface area contributed by atoms with Crippen LogP contribution in [-0.2, 0) is 39.9 Å². The molecule has 302 valence electrons. The normalized spacial score (nSPS) is 12.5. The van der Waals surface area contributed by atoms with Crippen molar-refractivity contribution in [2.24, 2.45) is 4.99 Å². The lowest BCUT2D eigenvalue weighted by Gasteiger charge is -2.22. The van der Waals surface area contributed by atoms with E-state index in [-0.39, 0.29) is 67.3 Å². The molecule has 16 nitrogen and oxygen atoms in total. The van der Waals surface area contributed by atoms with E-state index in [2.05, 4.69) is 16.0 Å². The second kappa shape index (κ2) is 15.1. The summed E-state index contributed by atoms with van der Waals surface area (Å²) >= 11 is 0. The largest absolute Gasteiger partial charge is 0.456 e. The van der Waals surface area contributed by atoms with E-state index in [1.807, 2.05) is 0 Å². The molecule has 0 atom stereocenters. The summed E-state index contributed by atoms with van der Waals surface area (Å²) in [7, 11) is -14.3. The van der Waals surface area contributed by atoms with Gasteiger partial charge in [-0.3, -0.25) is 23.2 Å². The lowest BCUT2D eigenvalue weighted by molar-refractivity contribution is -0.106. The number of hydrogen-bond acceptors (Lipinski definition) is 11. The molecule has 0 unspecified atom stereocenters. The van der Waals surface area contributed by atoms with Gasteiger partial charge in [0.2, 0.25) is 12.8 Å². The Morgan fingerprint density at radius 1 is 0.603 bits per heavy atom. The van der Waals surface area contributed by atoms with Crippen LogP contribution in [0.25, 0.3) is 33.4 Å². The maximum absolute atomic E-state index is 12.7. The molecule has 19 heteroatoms. The number of hydrogen-bond donors (Lipinski definition) is 6. The fraction of sp³-hybridized carbons (Fsp3) is 0.154. The number of nitrogens with zero attached hydrogens (tertiary/aromatic N) is 1. The zero-order chi connectivity index (χ0) is 42.6. The van der Waals surface area contributed by atoms with E-state index >= 15 is 0 Å². The topological polar surface area (TPSA) is 259 Å². The van der Waals surface area contributed by atoms with E-state index in [0.717, 1.165) is 0 Å². The lowest BCUT2D eigenvalue weighted by atomic mass is 9.93. The van der Waals surface area contributed by atoms with Gasteiger partial charge >= 0.3 is 0 Å². The van der Waals surface area contributed by atoms with Crippen LogP contribution in [0.4, 0.5) is 28.4 Å². The molecule has 6 rings (SSSR count). The van der Waals surface area contributed by atoms with Crippen molar-refractivity contribution < 1.29 is 52.9 Å². The first-order valence-electron chi connectivity index (χ1n) is 17.1. The molecule has 1 aliphatic heterocycles. The predicted octanol–water partition coefficient (Wildman–Crippen LogP) is 6.91. The summed E-state index contributed by atoms with van der Waals surface area (Å²) in [4.78, 5) is 26.4. The molecule has 0 bridgehead atoms. The van der Waals surface area contributed by atoms with Gasteiger partial charge < -0.3 is 20.4 Å². The van der Waals surface area contributed by atoms with Crippen LogP contribution in [0.2, 0.25) is 0 Å². The van der Waals surface area contributed by atoms with Crippen molar-refractivity contribution in [2.45, 2.75) is 56.2 Å². The maximum atomic E-state index is 12.7. The van der Waals surface area contributed by atoms with E-state index in [9.17, 15) is 48.5 Å². The van der Waals surface area contributed by atoms with Gasteiger partial charge in [0, 0.05) is 57.0 Å². The summed E-state index contributed by atoms with van der Waals surface area (Å²) < 4.78 is 112. The minimum absolute atomic E-state index is 0.105. The van der Waals surface area contributed by atoms with Gasteiger partial charge in [-0.25, -0.2) is 4.99 Å². The summed E-state index contributed by atoms with van der Waals surface area (Å²) in [5, 5.41) is 8.77. The molecule has 2 amide bonds. The first-order valence-corrected chi connectivity index (χ1v) is 21.4. The standard InChI is InChI=1S/C39H36N4O12S3/c1-19-34(40-17-44)21(3)38(57(49,50)51)23(5)36(19)42-25-11-13-27-30(15-25)55-31-16-26(12-14-28(31)33(27)29-9-7-8-10-32(29)56(46,47)48)43-37-20(2)35(41-18-45)22(4)39(24(37)6)58(52,53)54/h7-18,42H,1-6H3,(H,40,44)(H,41,45)(H,46,47,48)(H,49,50,51)(H,52,53,54)/b43-26+. The van der Waals surface area contributed by atoms with Crippen molar-refractivity contribution in [1.82, 2.24) is 0 Å². The Labute approximate surface area is 333 Å². The zero-order valence-electron chi connectivity index (χ0n) is 31.6. The minimum Gasteiger partial charge on any atom is -0.456 e. The van der Waals surface area contributed by atoms with Gasteiger partial charge in [0.1, 0.15) is 26.0 Å². The molecule has 4 aromatic carbocycles. The average molecular weight is 849 g/mol. The number of fused-ring (bicyclic) bond motifs is 2. The van der Waals surface area contributed by atoms with E-state index < -0.39 is 45.0 Å². The second-order valence-corrected chi connectivity index (χ2v) is 17.5. The smallest absolute Gasteiger partial charge is 0.295 e. The zero-order valence-corrected chi connectivity index (χ0v) is 34.1. The molecule has 0 fully saturated rings. The Balaban J connectivity index is 1.67. The van der Waals surface area contributed by atoms with Crippen LogP contribution >= 0.6 is 0 Å². The fourth-order valence-corrected chi connectivity index (χ4v) is 10.2. The highest BCUT2D eigenvalue weighted by Crippen LogP contribution is 2.44. The highest BCUT2D eigenvalue weighted by Gasteiger charge is 2.28. The van der Waals surface area contributed by atoms with Gasteiger partial charge in [-0.2, -0.15) is 25.3 Å². The van der Waals surface area contributed by atoms with Crippen molar-refractivity contribution in [3.05, 3.63) is 99.4 Å². The molecule has 0 spiro atoms. The van der Waals surface area contributed by atoms with Crippen LogP contribution in [0, 0.1) is 41.5 Å². The minimum atomic E-state index is -4.77. The average Bonchev–Trinajstić information content (AvgIpc) is 3.12. The van der Waals surface area contributed by atoms with Crippen LogP contribution in [0.15, 0.2) is 84.8 Å². The molecule has 1 aliphatic carbocycles. The van der Waals surface area contributed by atoms with Crippen molar-refractivity contribution in [3.63, 3.8) is 0 Å². The maximum Gasteiger partial charge on any atom is 0.295 e. The first-order chi connectivity index (χ1) is 27.1. The third-order valence-corrected chi connectivity index (χ3v) is 13.1. The van der Waals surface area contributed by atoms with E-state index in [1.165, 1.54) is 52.0 Å². The Bertz CT molecular complexity index is 3120. The monoisotopic (exact) mass is 848 g/mol. The van der Waals surface area contributed by atoms with Crippen molar-refractivity contribution >= 4 is 82.6 Å². The Morgan fingerprint density at radius 2 is 1.17 bits per heavy atom. The number of amides is 2. The first kappa shape index (κ1) is 41.7. The van der Waals surface area contributed by atoms with Crippen molar-refractivity contribution in [3.8, 4) is 22.5 Å². The molecule has 6 N–H and O–H groups in total. The SMILES string of the molecule is Cc1c(/N=c2\ccc3c(-c4ccccc4S(=O)(=O)O)c4ccc(Nc5c(C)c(NC=O)c(C)c(S(=O)(=O)O)c5C)cc4oc-3c2)c(C)c(S(=O)(=O)O)c(C)c1NC=O. The van der Waals surface area contributed by atoms with Gasteiger partial charge in [0.25, 0.3) is 30.4 Å².